The van der Waals surface area contributed by atoms with Crippen molar-refractivity contribution in [2.24, 2.45) is 5.73 Å². The molecule has 0 saturated heterocycles. The van der Waals surface area contributed by atoms with Crippen LogP contribution in [-0.2, 0) is 9.84 Å². The molecule has 0 atom stereocenters. The number of aromatic amines is 1. The van der Waals surface area contributed by atoms with E-state index in [1.54, 1.807) is 0 Å². The summed E-state index contributed by atoms with van der Waals surface area (Å²) in [6.07, 6.45) is -1.06. The first-order chi connectivity index (χ1) is 13.1. The highest BCUT2D eigenvalue weighted by atomic mass is 32.2. The van der Waals surface area contributed by atoms with Gasteiger partial charge in [-0.15, -0.1) is 0 Å². The second-order valence-electron chi connectivity index (χ2n) is 6.60. The van der Waals surface area contributed by atoms with E-state index in [4.69, 9.17) is 11.1 Å². The van der Waals surface area contributed by atoms with Crippen LogP contribution in [0, 0.1) is 16.7 Å². The van der Waals surface area contributed by atoms with Crippen molar-refractivity contribution in [1.29, 1.82) is 10.7 Å². The minimum absolute atomic E-state index is 0.0513. The van der Waals surface area contributed by atoms with Crippen LogP contribution in [-0.4, -0.2) is 31.0 Å². The predicted molar refractivity (Wildman–Crippen MR) is 98.4 cm³/mol. The molecule has 1 heterocycles. The zero-order chi connectivity index (χ0) is 20.7. The maximum Gasteiger partial charge on any atom is 0.419 e. The first kappa shape index (κ1) is 19.9. The molecule has 2 aromatic rings. The highest BCUT2D eigenvalue weighted by molar-refractivity contribution is 7.92. The number of sulfone groups is 1. The maximum absolute atomic E-state index is 13.1. The molecule has 0 spiro atoms. The molecule has 1 aromatic carbocycles. The number of nitrogens with zero attached hydrogens (tertiary/aromatic N) is 1. The minimum Gasteiger partial charge on any atom is -0.398 e. The van der Waals surface area contributed by atoms with Gasteiger partial charge in [-0.05, 0) is 18.9 Å². The average molecular weight is 410 g/mol. The van der Waals surface area contributed by atoms with Gasteiger partial charge in [0.15, 0.2) is 9.84 Å². The molecular weight excluding hydrogens is 393 g/mol. The molecule has 6 nitrogen and oxygen atoms in total. The number of halogens is 3. The Morgan fingerprint density at radius 3 is 2.50 bits per heavy atom. The Labute approximate surface area is 159 Å². The van der Waals surface area contributed by atoms with Crippen molar-refractivity contribution in [2.75, 3.05) is 0 Å². The van der Waals surface area contributed by atoms with E-state index in [2.05, 4.69) is 4.98 Å². The first-order valence-corrected chi connectivity index (χ1v) is 10.0. The topological polar surface area (TPSA) is 124 Å². The number of benzene rings is 1. The van der Waals surface area contributed by atoms with Crippen molar-refractivity contribution in [1.82, 2.24) is 4.98 Å². The molecule has 0 aliphatic heterocycles. The number of allylic oxidation sites excluding steroid dienone is 1. The lowest BCUT2D eigenvalue weighted by Crippen LogP contribution is -2.19. The Balaban J connectivity index is 2.30. The molecule has 1 fully saturated rings. The number of rotatable bonds is 4. The van der Waals surface area contributed by atoms with Crippen LogP contribution in [0.2, 0.25) is 0 Å². The molecule has 1 aliphatic carbocycles. The number of nitriles is 1. The smallest absolute Gasteiger partial charge is 0.398 e. The van der Waals surface area contributed by atoms with Crippen molar-refractivity contribution in [3.05, 3.63) is 35.0 Å². The van der Waals surface area contributed by atoms with Gasteiger partial charge in [-0.3, -0.25) is 0 Å². The number of hydrogen-bond acceptors (Lipinski definition) is 5. The maximum atomic E-state index is 13.1. The lowest BCUT2D eigenvalue weighted by Gasteiger charge is -2.14. The second-order valence-corrected chi connectivity index (χ2v) is 8.76. The van der Waals surface area contributed by atoms with Crippen LogP contribution in [0.4, 0.5) is 13.2 Å². The van der Waals surface area contributed by atoms with E-state index in [0.717, 1.165) is 12.8 Å². The summed E-state index contributed by atoms with van der Waals surface area (Å²) in [5.41, 5.74) is 3.55. The number of H-pyrrole nitrogens is 1. The number of fused-ring (bicyclic) bond motifs is 1. The Kier molecular flexibility index (Phi) is 4.97. The summed E-state index contributed by atoms with van der Waals surface area (Å²) in [5.74, 6) is 0. The van der Waals surface area contributed by atoms with E-state index in [-0.39, 0.29) is 33.1 Å². The molecule has 0 amide bonds. The van der Waals surface area contributed by atoms with E-state index in [1.807, 2.05) is 6.07 Å². The summed E-state index contributed by atoms with van der Waals surface area (Å²) in [5, 5.41) is 16.0. The number of nitrogens with one attached hydrogen (secondary N) is 2. The summed E-state index contributed by atoms with van der Waals surface area (Å²) in [7, 11) is -3.85. The Morgan fingerprint density at radius 2 is 1.96 bits per heavy atom. The van der Waals surface area contributed by atoms with Crippen LogP contribution < -0.4 is 5.73 Å². The number of nitrogens with two attached hydrogens (primary N) is 1. The molecule has 3 rings (SSSR count). The third-order valence-electron chi connectivity index (χ3n) is 4.98. The van der Waals surface area contributed by atoms with Crippen LogP contribution in [0.15, 0.2) is 28.8 Å². The summed E-state index contributed by atoms with van der Waals surface area (Å²) >= 11 is 0. The molecule has 28 heavy (non-hydrogen) atoms. The van der Waals surface area contributed by atoms with Crippen LogP contribution in [0.3, 0.4) is 0 Å². The fraction of sp³-hybridized carbons (Fsp3) is 0.333. The van der Waals surface area contributed by atoms with Gasteiger partial charge in [0.1, 0.15) is 11.0 Å². The fourth-order valence-electron chi connectivity index (χ4n) is 3.60. The molecule has 0 bridgehead atoms. The van der Waals surface area contributed by atoms with Crippen LogP contribution >= 0.6 is 0 Å². The molecule has 10 heteroatoms. The first-order valence-electron chi connectivity index (χ1n) is 8.48. The highest BCUT2D eigenvalue weighted by Gasteiger charge is 2.37. The van der Waals surface area contributed by atoms with Crippen molar-refractivity contribution >= 4 is 32.7 Å². The standard InChI is InChI=1S/C18H17F3N4O2S/c19-18(20,21)14(8-23)15(24)13-9-25-16-12(13)6-5-10(7-22)17(16)28(26,27)11-3-1-2-4-11/h5-6,8-9,11,23,25H,1-4,24H2. The quantitative estimate of drug-likeness (QED) is 0.666. The van der Waals surface area contributed by atoms with Crippen molar-refractivity contribution in [2.45, 2.75) is 42.0 Å². The fourth-order valence-corrected chi connectivity index (χ4v) is 5.76. The summed E-state index contributed by atoms with van der Waals surface area (Å²) in [6, 6.07) is 4.48. The Morgan fingerprint density at radius 1 is 1.32 bits per heavy atom. The Hall–Kier alpha value is -2.80. The predicted octanol–water partition coefficient (Wildman–Crippen LogP) is 3.64. The molecule has 148 valence electrons. The third-order valence-corrected chi connectivity index (χ3v) is 7.33. The van der Waals surface area contributed by atoms with Gasteiger partial charge < -0.3 is 16.1 Å². The normalized spacial score (nSPS) is 16.8. The van der Waals surface area contributed by atoms with Crippen molar-refractivity contribution in [3.63, 3.8) is 0 Å². The molecule has 0 radical (unpaired) electrons. The van der Waals surface area contributed by atoms with Crippen LogP contribution in [0.25, 0.3) is 16.6 Å². The van der Waals surface area contributed by atoms with Gasteiger partial charge in [0, 0.05) is 23.4 Å². The molecular formula is C18H17F3N4O2S. The summed E-state index contributed by atoms with van der Waals surface area (Å²) in [6.45, 7) is 0. The third kappa shape index (κ3) is 3.16. The average Bonchev–Trinajstić information content (AvgIpc) is 3.29. The largest absolute Gasteiger partial charge is 0.419 e. The van der Waals surface area contributed by atoms with Gasteiger partial charge in [-0.1, -0.05) is 18.9 Å². The number of hydrogen-bond donors (Lipinski definition) is 3. The zero-order valence-corrected chi connectivity index (χ0v) is 15.4. The summed E-state index contributed by atoms with van der Waals surface area (Å²) < 4.78 is 65.6. The lowest BCUT2D eigenvalue weighted by molar-refractivity contribution is -0.0851. The number of aromatic nitrogens is 1. The second kappa shape index (κ2) is 6.98. The Bertz CT molecular complexity index is 1120. The molecule has 0 unspecified atom stereocenters. The van der Waals surface area contributed by atoms with E-state index < -0.39 is 32.5 Å². The van der Waals surface area contributed by atoms with Gasteiger partial charge >= 0.3 is 6.18 Å². The molecule has 1 aromatic heterocycles. The minimum atomic E-state index is -4.83. The highest BCUT2D eigenvalue weighted by Crippen LogP contribution is 2.38. The van der Waals surface area contributed by atoms with E-state index in [9.17, 15) is 26.9 Å². The van der Waals surface area contributed by atoms with Crippen LogP contribution in [0.5, 0.6) is 0 Å². The van der Waals surface area contributed by atoms with Gasteiger partial charge in [0.25, 0.3) is 0 Å². The van der Waals surface area contributed by atoms with E-state index >= 15 is 0 Å². The van der Waals surface area contributed by atoms with Gasteiger partial charge in [0.05, 0.1) is 27.6 Å². The monoisotopic (exact) mass is 410 g/mol. The lowest BCUT2D eigenvalue weighted by atomic mass is 10.0. The van der Waals surface area contributed by atoms with E-state index in [1.165, 1.54) is 18.3 Å². The number of alkyl halides is 3. The van der Waals surface area contributed by atoms with E-state index in [0.29, 0.717) is 12.8 Å². The van der Waals surface area contributed by atoms with Gasteiger partial charge in [-0.2, -0.15) is 18.4 Å². The van der Waals surface area contributed by atoms with Crippen molar-refractivity contribution in [3.8, 4) is 6.07 Å². The van der Waals surface area contributed by atoms with Crippen molar-refractivity contribution < 1.29 is 21.6 Å². The van der Waals surface area contributed by atoms with Crippen LogP contribution in [0.1, 0.15) is 36.8 Å². The molecule has 1 aliphatic rings. The zero-order valence-electron chi connectivity index (χ0n) is 14.6. The van der Waals surface area contributed by atoms with Gasteiger partial charge in [-0.25, -0.2) is 8.42 Å². The SMILES string of the molecule is N#Cc1ccc2c(C(N)=C(C=N)C(F)(F)F)c[nH]c2c1S(=O)(=O)C1CCCC1. The molecule has 1 saturated carbocycles. The molecule has 4 N–H and O–H groups in total. The summed E-state index contributed by atoms with van der Waals surface area (Å²) in [4.78, 5) is 2.48. The van der Waals surface area contributed by atoms with Gasteiger partial charge in [0.2, 0.25) is 0 Å².